The molecule has 0 aromatic heterocycles. The van der Waals surface area contributed by atoms with Crippen molar-refractivity contribution in [2.75, 3.05) is 25.6 Å². The molecule has 1 aromatic carbocycles. The molecule has 0 aliphatic rings. The van der Waals surface area contributed by atoms with E-state index in [0.717, 1.165) is 30.8 Å². The summed E-state index contributed by atoms with van der Waals surface area (Å²) in [6.07, 6.45) is 14.4. The van der Waals surface area contributed by atoms with Crippen LogP contribution in [-0.4, -0.2) is 48.0 Å². The topological polar surface area (TPSA) is 47.6 Å². The number of benzene rings is 1. The molecule has 0 heterocycles. The van der Waals surface area contributed by atoms with Crippen molar-refractivity contribution in [3.8, 4) is 12.3 Å². The maximum Gasteiger partial charge on any atom is 0.219 e. The van der Waals surface area contributed by atoms with Gasteiger partial charge in [0.1, 0.15) is 0 Å². The molecule has 0 bridgehead atoms. The molecular weight excluding hydrogens is 384 g/mol. The molecule has 3 unspecified atom stereocenters. The van der Waals surface area contributed by atoms with Crippen LogP contribution in [0.2, 0.25) is 0 Å². The molecule has 0 radical (unpaired) electrons. The fourth-order valence-corrected chi connectivity index (χ4v) is 3.57. The standard InChI is InChI=1S/C26H42N4O/c1-8-10-11-14-19-29(24(6)31)20-21(3)23(5)30(22(4)9-2)28-26-16-13-12-15-25(26)17-18-27-7/h2,12-13,15-18,21-23,27-28H,8,10-11,14,19-20H2,1,3-7H3/b18-17+. The Balaban J connectivity index is 2.95. The van der Waals surface area contributed by atoms with Gasteiger partial charge < -0.3 is 15.6 Å². The summed E-state index contributed by atoms with van der Waals surface area (Å²) in [7, 11) is 1.88. The summed E-state index contributed by atoms with van der Waals surface area (Å²) in [5.74, 6) is 3.25. The van der Waals surface area contributed by atoms with Crippen molar-refractivity contribution in [2.45, 2.75) is 72.4 Å². The van der Waals surface area contributed by atoms with Crippen LogP contribution in [0.1, 0.15) is 65.9 Å². The molecule has 0 aliphatic carbocycles. The molecule has 3 atom stereocenters. The summed E-state index contributed by atoms with van der Waals surface area (Å²) in [6, 6.07) is 8.18. The molecule has 0 spiro atoms. The maximum absolute atomic E-state index is 12.2. The summed E-state index contributed by atoms with van der Waals surface area (Å²) < 4.78 is 0. The first kappa shape index (κ1) is 26.6. The fraction of sp³-hybridized carbons (Fsp3) is 0.577. The zero-order chi connectivity index (χ0) is 23.2. The summed E-state index contributed by atoms with van der Waals surface area (Å²) in [5.41, 5.74) is 5.63. The number of unbranched alkanes of at least 4 members (excludes halogenated alkanes) is 3. The minimum Gasteiger partial charge on any atom is -0.394 e. The van der Waals surface area contributed by atoms with Crippen LogP contribution in [0.3, 0.4) is 0 Å². The minimum atomic E-state index is -0.103. The largest absolute Gasteiger partial charge is 0.394 e. The molecule has 1 aromatic rings. The van der Waals surface area contributed by atoms with Crippen molar-refractivity contribution in [1.29, 1.82) is 0 Å². The molecule has 1 amide bonds. The molecule has 172 valence electrons. The number of nitrogens with one attached hydrogen (secondary N) is 2. The monoisotopic (exact) mass is 426 g/mol. The Bertz CT molecular complexity index is 724. The molecule has 1 rings (SSSR count). The van der Waals surface area contributed by atoms with Crippen LogP contribution in [0, 0.1) is 18.3 Å². The van der Waals surface area contributed by atoms with Gasteiger partial charge in [-0.1, -0.05) is 57.2 Å². The SMILES string of the molecule is C#CC(C)N(Nc1ccccc1/C=C/NC)C(C)C(C)CN(CCCCCC)C(C)=O. The van der Waals surface area contributed by atoms with Crippen LogP contribution >= 0.6 is 0 Å². The van der Waals surface area contributed by atoms with Gasteiger partial charge in [-0.25, -0.2) is 5.01 Å². The number of para-hydroxylation sites is 1. The molecule has 0 saturated carbocycles. The van der Waals surface area contributed by atoms with E-state index in [4.69, 9.17) is 6.42 Å². The van der Waals surface area contributed by atoms with Crippen LogP contribution in [0.15, 0.2) is 30.5 Å². The number of terminal acetylenes is 1. The lowest BCUT2D eigenvalue weighted by atomic mass is 10.0. The number of nitrogens with zero attached hydrogens (tertiary/aromatic N) is 2. The van der Waals surface area contributed by atoms with E-state index in [1.807, 2.05) is 43.3 Å². The Kier molecular flexibility index (Phi) is 12.5. The number of rotatable bonds is 14. The highest BCUT2D eigenvalue weighted by Gasteiger charge is 2.26. The lowest BCUT2D eigenvalue weighted by Crippen LogP contribution is -2.49. The van der Waals surface area contributed by atoms with E-state index in [0.29, 0.717) is 0 Å². The van der Waals surface area contributed by atoms with Gasteiger partial charge in [-0.15, -0.1) is 6.42 Å². The summed E-state index contributed by atoms with van der Waals surface area (Å²) >= 11 is 0. The number of anilines is 1. The number of amides is 1. The summed E-state index contributed by atoms with van der Waals surface area (Å²) in [6.45, 7) is 11.8. The zero-order valence-electron chi connectivity index (χ0n) is 20.3. The third kappa shape index (κ3) is 9.06. The van der Waals surface area contributed by atoms with Crippen molar-refractivity contribution < 1.29 is 4.79 Å². The fourth-order valence-electron chi connectivity index (χ4n) is 3.57. The van der Waals surface area contributed by atoms with Gasteiger partial charge in [-0.2, -0.15) is 0 Å². The van der Waals surface area contributed by atoms with E-state index in [9.17, 15) is 4.79 Å². The van der Waals surface area contributed by atoms with Gasteiger partial charge in [0.05, 0.1) is 11.7 Å². The predicted molar refractivity (Wildman–Crippen MR) is 133 cm³/mol. The second-order valence-corrected chi connectivity index (χ2v) is 8.31. The van der Waals surface area contributed by atoms with Crippen LogP contribution in [0.25, 0.3) is 6.08 Å². The Morgan fingerprint density at radius 1 is 1.19 bits per heavy atom. The highest BCUT2D eigenvalue weighted by molar-refractivity contribution is 5.73. The second-order valence-electron chi connectivity index (χ2n) is 8.31. The van der Waals surface area contributed by atoms with Crippen LogP contribution < -0.4 is 10.7 Å². The average molecular weight is 427 g/mol. The smallest absolute Gasteiger partial charge is 0.219 e. The van der Waals surface area contributed by atoms with Crippen molar-refractivity contribution in [2.24, 2.45) is 5.92 Å². The van der Waals surface area contributed by atoms with Crippen LogP contribution in [0.4, 0.5) is 5.69 Å². The summed E-state index contributed by atoms with van der Waals surface area (Å²) in [4.78, 5) is 14.2. The van der Waals surface area contributed by atoms with Crippen molar-refractivity contribution in [1.82, 2.24) is 15.2 Å². The molecule has 2 N–H and O–H groups in total. The highest BCUT2D eigenvalue weighted by atomic mass is 16.2. The van der Waals surface area contributed by atoms with E-state index in [-0.39, 0.29) is 23.9 Å². The first-order valence-electron chi connectivity index (χ1n) is 11.5. The van der Waals surface area contributed by atoms with E-state index in [1.165, 1.54) is 19.3 Å². The van der Waals surface area contributed by atoms with Crippen molar-refractivity contribution in [3.05, 3.63) is 36.0 Å². The zero-order valence-corrected chi connectivity index (χ0v) is 20.3. The Morgan fingerprint density at radius 2 is 1.90 bits per heavy atom. The molecule has 0 fully saturated rings. The quantitative estimate of drug-likeness (QED) is 0.250. The normalized spacial score (nSPS) is 14.1. The lowest BCUT2D eigenvalue weighted by Gasteiger charge is -2.38. The average Bonchev–Trinajstić information content (AvgIpc) is 2.77. The second kappa shape index (κ2) is 14.5. The Labute approximate surface area is 190 Å². The van der Waals surface area contributed by atoms with E-state index in [2.05, 4.69) is 54.6 Å². The van der Waals surface area contributed by atoms with Gasteiger partial charge in [0.15, 0.2) is 0 Å². The van der Waals surface area contributed by atoms with Crippen LogP contribution in [-0.2, 0) is 4.79 Å². The lowest BCUT2D eigenvalue weighted by molar-refractivity contribution is -0.129. The van der Waals surface area contributed by atoms with Gasteiger partial charge in [0.25, 0.3) is 0 Å². The number of carbonyl (C=O) groups is 1. The van der Waals surface area contributed by atoms with Gasteiger partial charge in [0, 0.05) is 38.7 Å². The Hall–Kier alpha value is -2.45. The van der Waals surface area contributed by atoms with Crippen molar-refractivity contribution >= 4 is 17.7 Å². The van der Waals surface area contributed by atoms with Crippen LogP contribution in [0.5, 0.6) is 0 Å². The molecule has 5 heteroatoms. The van der Waals surface area contributed by atoms with E-state index < -0.39 is 0 Å². The molecule has 5 nitrogen and oxygen atoms in total. The molecule has 0 aliphatic heterocycles. The molecule has 0 saturated heterocycles. The molecule has 31 heavy (non-hydrogen) atoms. The van der Waals surface area contributed by atoms with E-state index in [1.54, 1.807) is 6.92 Å². The van der Waals surface area contributed by atoms with E-state index >= 15 is 0 Å². The first-order valence-corrected chi connectivity index (χ1v) is 11.5. The number of carbonyl (C=O) groups excluding carboxylic acids is 1. The third-order valence-corrected chi connectivity index (χ3v) is 5.80. The van der Waals surface area contributed by atoms with Crippen molar-refractivity contribution in [3.63, 3.8) is 0 Å². The molecular formula is C26H42N4O. The number of hydrogen-bond donors (Lipinski definition) is 2. The first-order chi connectivity index (χ1) is 14.8. The van der Waals surface area contributed by atoms with Gasteiger partial charge in [-0.05, 0) is 44.5 Å². The maximum atomic E-state index is 12.2. The van der Waals surface area contributed by atoms with Gasteiger partial charge in [0.2, 0.25) is 5.91 Å². The third-order valence-electron chi connectivity index (χ3n) is 5.80. The predicted octanol–water partition coefficient (Wildman–Crippen LogP) is 4.98. The highest BCUT2D eigenvalue weighted by Crippen LogP contribution is 2.22. The summed E-state index contributed by atoms with van der Waals surface area (Å²) in [5, 5.41) is 5.17. The number of hydrogen-bond acceptors (Lipinski definition) is 4. The van der Waals surface area contributed by atoms with Gasteiger partial charge in [-0.3, -0.25) is 4.79 Å². The number of hydrazine groups is 1. The van der Waals surface area contributed by atoms with Gasteiger partial charge >= 0.3 is 0 Å². The minimum absolute atomic E-state index is 0.103. The Morgan fingerprint density at radius 3 is 2.52 bits per heavy atom.